The summed E-state index contributed by atoms with van der Waals surface area (Å²) in [6.07, 6.45) is 8.42. The van der Waals surface area contributed by atoms with E-state index in [1.165, 1.54) is 11.1 Å². The van der Waals surface area contributed by atoms with Crippen molar-refractivity contribution in [3.05, 3.63) is 70.3 Å². The van der Waals surface area contributed by atoms with E-state index in [1.807, 2.05) is 31.2 Å². The molecule has 1 saturated carbocycles. The highest BCUT2D eigenvalue weighted by Crippen LogP contribution is 2.50. The Hall–Kier alpha value is -3.08. The number of aryl methyl sites for hydroxylation is 1. The molecule has 46 heavy (non-hydrogen) atoms. The van der Waals surface area contributed by atoms with Gasteiger partial charge in [0.25, 0.3) is 5.91 Å². The molecule has 1 amide bonds. The number of amides is 1. The summed E-state index contributed by atoms with van der Waals surface area (Å²) < 4.78 is 41.6. The summed E-state index contributed by atoms with van der Waals surface area (Å²) in [6.45, 7) is 5.05. The van der Waals surface area contributed by atoms with Gasteiger partial charge in [0, 0.05) is 36.2 Å². The molecule has 11 heteroatoms. The van der Waals surface area contributed by atoms with Gasteiger partial charge in [0.1, 0.15) is 5.75 Å². The number of hydrogen-bond donors (Lipinski definition) is 2. The van der Waals surface area contributed by atoms with Crippen LogP contribution in [-0.2, 0) is 31.4 Å². The number of nitrogens with zero attached hydrogens (tertiary/aromatic N) is 1. The van der Waals surface area contributed by atoms with Crippen molar-refractivity contribution in [2.24, 2.45) is 17.8 Å². The number of fused-ring (bicyclic) bond motifs is 4. The van der Waals surface area contributed by atoms with Gasteiger partial charge in [-0.25, -0.2) is 13.1 Å². The zero-order valence-electron chi connectivity index (χ0n) is 26.6. The molecular formula is C35H43ClN2O7S. The lowest BCUT2D eigenvalue weighted by atomic mass is 9.63. The molecule has 6 atom stereocenters. The summed E-state index contributed by atoms with van der Waals surface area (Å²) in [4.78, 5) is 27.9. The molecule has 0 saturated heterocycles. The van der Waals surface area contributed by atoms with Gasteiger partial charge >= 0.3 is 5.97 Å². The molecule has 2 aromatic carbocycles. The summed E-state index contributed by atoms with van der Waals surface area (Å²) in [5.41, 5.74) is 1.99. The van der Waals surface area contributed by atoms with E-state index < -0.39 is 32.8 Å². The van der Waals surface area contributed by atoms with Gasteiger partial charge in [-0.2, -0.15) is 0 Å². The molecule has 9 nitrogen and oxygen atoms in total. The number of allylic oxidation sites excluding steroid dienone is 1. The summed E-state index contributed by atoms with van der Waals surface area (Å²) in [7, 11) is -2.45. The Kier molecular flexibility index (Phi) is 8.93. The lowest BCUT2D eigenvalue weighted by molar-refractivity contribution is -0.148. The third kappa shape index (κ3) is 6.04. The number of benzene rings is 2. The number of rotatable bonds is 3. The maximum atomic E-state index is 13.4. The van der Waals surface area contributed by atoms with Crippen LogP contribution in [0.5, 0.6) is 5.75 Å². The summed E-state index contributed by atoms with van der Waals surface area (Å²) in [5, 5.41) is 9.83. The van der Waals surface area contributed by atoms with E-state index in [0.717, 1.165) is 37.8 Å². The smallest absolute Gasteiger partial charge is 0.306 e. The second kappa shape index (κ2) is 12.5. The number of nitrogens with one attached hydrogen (secondary N) is 1. The van der Waals surface area contributed by atoms with E-state index in [2.05, 4.69) is 15.7 Å². The molecule has 2 bridgehead atoms. The van der Waals surface area contributed by atoms with Crippen LogP contribution >= 0.6 is 11.6 Å². The molecule has 0 radical (unpaired) electrons. The Morgan fingerprint density at radius 3 is 2.72 bits per heavy atom. The number of carbonyl (C=O) groups excluding carboxylic acids is 1. The van der Waals surface area contributed by atoms with Gasteiger partial charge in [0.2, 0.25) is 10.0 Å². The molecule has 1 spiro atoms. The largest absolute Gasteiger partial charge is 0.490 e. The number of halogens is 1. The normalized spacial score (nSPS) is 33.0. The zero-order valence-corrected chi connectivity index (χ0v) is 28.2. The molecule has 2 N–H and O–H groups in total. The molecule has 2 heterocycles. The number of methoxy groups -OCH3 is 1. The van der Waals surface area contributed by atoms with E-state index in [4.69, 9.17) is 21.1 Å². The third-order valence-corrected chi connectivity index (χ3v) is 13.2. The van der Waals surface area contributed by atoms with Gasteiger partial charge in [-0.05, 0) is 105 Å². The van der Waals surface area contributed by atoms with Gasteiger partial charge in [-0.3, -0.25) is 9.59 Å². The van der Waals surface area contributed by atoms with Crippen molar-refractivity contribution in [2.75, 3.05) is 31.7 Å². The first-order valence-electron chi connectivity index (χ1n) is 16.2. The Balaban J connectivity index is 1.47. The molecule has 4 aliphatic rings. The fraction of sp³-hybridized carbons (Fsp3) is 0.543. The minimum atomic E-state index is -4.01. The summed E-state index contributed by atoms with van der Waals surface area (Å²) >= 11 is 6.41. The number of carboxylic acid groups (broad SMARTS) is 1. The second-order valence-electron chi connectivity index (χ2n) is 13.8. The Morgan fingerprint density at radius 2 is 2.00 bits per heavy atom. The van der Waals surface area contributed by atoms with Crippen LogP contribution in [0.2, 0.25) is 5.02 Å². The lowest BCUT2D eigenvalue weighted by Gasteiger charge is -2.50. The van der Waals surface area contributed by atoms with Crippen LogP contribution in [0.4, 0.5) is 5.69 Å². The van der Waals surface area contributed by atoms with Crippen LogP contribution in [-0.4, -0.2) is 63.1 Å². The number of aliphatic carboxylic acids is 1. The molecule has 2 aromatic rings. The minimum Gasteiger partial charge on any atom is -0.490 e. The number of carboxylic acids is 1. The van der Waals surface area contributed by atoms with Gasteiger partial charge < -0.3 is 19.5 Å². The van der Waals surface area contributed by atoms with Crippen molar-refractivity contribution in [3.8, 4) is 5.75 Å². The van der Waals surface area contributed by atoms with Crippen LogP contribution in [0.3, 0.4) is 0 Å². The van der Waals surface area contributed by atoms with E-state index in [9.17, 15) is 23.1 Å². The number of hydrogen-bond acceptors (Lipinski definition) is 7. The second-order valence-corrected chi connectivity index (χ2v) is 16.2. The van der Waals surface area contributed by atoms with E-state index in [0.29, 0.717) is 36.9 Å². The number of ether oxygens (including phenoxy) is 2. The first-order valence-corrected chi connectivity index (χ1v) is 18.1. The van der Waals surface area contributed by atoms with Crippen LogP contribution in [0.25, 0.3) is 0 Å². The predicted octanol–water partition coefficient (Wildman–Crippen LogP) is 5.74. The number of carbonyl (C=O) groups is 2. The van der Waals surface area contributed by atoms with Crippen LogP contribution in [0, 0.1) is 17.8 Å². The van der Waals surface area contributed by atoms with Crippen molar-refractivity contribution >= 4 is 39.2 Å². The summed E-state index contributed by atoms with van der Waals surface area (Å²) in [6, 6.07) is 11.2. The highest BCUT2D eigenvalue weighted by Gasteiger charge is 2.50. The quantitative estimate of drug-likeness (QED) is 0.397. The van der Waals surface area contributed by atoms with Gasteiger partial charge in [-0.1, -0.05) is 36.7 Å². The minimum absolute atomic E-state index is 0.0679. The van der Waals surface area contributed by atoms with Crippen molar-refractivity contribution in [3.63, 3.8) is 0 Å². The highest BCUT2D eigenvalue weighted by atomic mass is 35.5. The molecular weight excluding hydrogens is 628 g/mol. The molecule has 2 aliphatic carbocycles. The third-order valence-electron chi connectivity index (χ3n) is 11.0. The zero-order chi connectivity index (χ0) is 32.9. The highest BCUT2D eigenvalue weighted by molar-refractivity contribution is 7.90. The standard InChI is InChI=1S/C35H43ClN2O7S/c1-22-6-4-15-35(44-3,18-32(39)40)29-11-8-26(29)19-38-20-34(14-5-7-24-16-27(36)10-12-28(24)34)21-45-31-13-9-25(17-30(31)38)33(41)37-46(42,43)23(22)2/h4,9-10,12-13,15-17,22-23,26,29H,5-8,11,14,18-21H2,1-3H3,(H,37,41)(H,39,40)/b15-4+/t22-,23+,26-,29+,34-,35-/m0/s1. The SMILES string of the molecule is CO[C@]1(CC(=O)O)/C=C/C[C@H](C)[C@@H](C)S(=O)(=O)NC(=O)c2ccc3c(c2)N(C[C@@H]2CC[C@H]21)C[C@@]1(CCCc2cc(Cl)ccc21)CO3. The molecule has 248 valence electrons. The maximum absolute atomic E-state index is 13.4. The first-order chi connectivity index (χ1) is 21.9. The molecule has 0 unspecified atom stereocenters. The monoisotopic (exact) mass is 670 g/mol. The Labute approximate surface area is 276 Å². The van der Waals surface area contributed by atoms with Crippen molar-refractivity contribution in [1.29, 1.82) is 0 Å². The van der Waals surface area contributed by atoms with Crippen molar-refractivity contribution in [2.45, 2.75) is 75.1 Å². The average Bonchev–Trinajstić information content (AvgIpc) is 3.14. The number of anilines is 1. The van der Waals surface area contributed by atoms with E-state index in [1.54, 1.807) is 32.2 Å². The molecule has 1 fully saturated rings. The van der Waals surface area contributed by atoms with Crippen molar-refractivity contribution in [1.82, 2.24) is 4.72 Å². The number of sulfonamides is 1. The van der Waals surface area contributed by atoms with Gasteiger partial charge in [-0.15, -0.1) is 0 Å². The molecule has 0 aromatic heterocycles. The average molecular weight is 671 g/mol. The summed E-state index contributed by atoms with van der Waals surface area (Å²) in [5.74, 6) is -1.30. The van der Waals surface area contributed by atoms with Crippen LogP contribution < -0.4 is 14.4 Å². The molecule has 6 rings (SSSR count). The van der Waals surface area contributed by atoms with Gasteiger partial charge in [0.05, 0.1) is 29.6 Å². The maximum Gasteiger partial charge on any atom is 0.306 e. The topological polar surface area (TPSA) is 122 Å². The fourth-order valence-corrected chi connectivity index (χ4v) is 9.55. The first kappa shape index (κ1) is 32.8. The van der Waals surface area contributed by atoms with Crippen molar-refractivity contribution < 1.29 is 32.6 Å². The molecule has 2 aliphatic heterocycles. The van der Waals surface area contributed by atoms with E-state index >= 15 is 0 Å². The van der Waals surface area contributed by atoms with Crippen LogP contribution in [0.15, 0.2) is 48.6 Å². The Morgan fingerprint density at radius 1 is 1.20 bits per heavy atom. The lowest BCUT2D eigenvalue weighted by Crippen LogP contribution is -2.53. The van der Waals surface area contributed by atoms with Crippen LogP contribution in [0.1, 0.15) is 73.9 Å². The van der Waals surface area contributed by atoms with Gasteiger partial charge in [0.15, 0.2) is 0 Å². The predicted molar refractivity (Wildman–Crippen MR) is 177 cm³/mol. The Bertz CT molecular complexity index is 1660. The van der Waals surface area contributed by atoms with E-state index in [-0.39, 0.29) is 35.2 Å². The fourth-order valence-electron chi connectivity index (χ4n) is 8.07.